The molecule has 0 aliphatic rings. The van der Waals surface area contributed by atoms with Gasteiger partial charge in [0.2, 0.25) is 0 Å². The van der Waals surface area contributed by atoms with Crippen molar-refractivity contribution in [3.63, 3.8) is 0 Å². The van der Waals surface area contributed by atoms with E-state index in [-0.39, 0.29) is 0 Å². The SMILES string of the molecule is CC(C)N(CC#N)Cc1ccc(Cl)cc1. The minimum absolute atomic E-state index is 0.375. The molecule has 80 valence electrons. The predicted octanol–water partition coefficient (Wildman–Crippen LogP) is 3.07. The summed E-state index contributed by atoms with van der Waals surface area (Å²) < 4.78 is 0. The van der Waals surface area contributed by atoms with Crippen LogP contribution >= 0.6 is 11.6 Å². The molecular formula is C12H15ClN2. The third-order valence-corrected chi connectivity index (χ3v) is 2.55. The molecular weight excluding hydrogens is 208 g/mol. The molecule has 3 heteroatoms. The van der Waals surface area contributed by atoms with Gasteiger partial charge in [0.15, 0.2) is 0 Å². The Balaban J connectivity index is 2.66. The van der Waals surface area contributed by atoms with Gasteiger partial charge in [0.05, 0.1) is 12.6 Å². The van der Waals surface area contributed by atoms with E-state index in [0.29, 0.717) is 12.6 Å². The van der Waals surface area contributed by atoms with Crippen LogP contribution in [0.1, 0.15) is 19.4 Å². The number of nitrogens with zero attached hydrogens (tertiary/aromatic N) is 2. The minimum Gasteiger partial charge on any atom is -0.284 e. The zero-order valence-electron chi connectivity index (χ0n) is 9.07. The number of nitriles is 1. The van der Waals surface area contributed by atoms with Gasteiger partial charge in [-0.2, -0.15) is 5.26 Å². The molecule has 0 spiro atoms. The highest BCUT2D eigenvalue weighted by molar-refractivity contribution is 6.30. The van der Waals surface area contributed by atoms with Gasteiger partial charge in [0.25, 0.3) is 0 Å². The number of hydrogen-bond donors (Lipinski definition) is 0. The summed E-state index contributed by atoms with van der Waals surface area (Å²) in [5.74, 6) is 0. The van der Waals surface area contributed by atoms with Gasteiger partial charge < -0.3 is 0 Å². The Kier molecular flexibility index (Phi) is 4.61. The average Bonchev–Trinajstić information content (AvgIpc) is 2.20. The van der Waals surface area contributed by atoms with E-state index in [0.717, 1.165) is 11.6 Å². The van der Waals surface area contributed by atoms with Crippen LogP contribution in [-0.4, -0.2) is 17.5 Å². The van der Waals surface area contributed by atoms with Crippen LogP contribution in [0.5, 0.6) is 0 Å². The lowest BCUT2D eigenvalue weighted by Crippen LogP contribution is -2.30. The smallest absolute Gasteiger partial charge is 0.0871 e. The van der Waals surface area contributed by atoms with Crippen molar-refractivity contribution in [3.05, 3.63) is 34.9 Å². The molecule has 0 bridgehead atoms. The first-order valence-electron chi connectivity index (χ1n) is 4.99. The van der Waals surface area contributed by atoms with Crippen molar-refractivity contribution in [2.24, 2.45) is 0 Å². The van der Waals surface area contributed by atoms with Gasteiger partial charge in [-0.15, -0.1) is 0 Å². The van der Waals surface area contributed by atoms with Crippen LogP contribution in [0.15, 0.2) is 24.3 Å². The lowest BCUT2D eigenvalue weighted by Gasteiger charge is -2.23. The van der Waals surface area contributed by atoms with Crippen molar-refractivity contribution < 1.29 is 0 Å². The lowest BCUT2D eigenvalue weighted by molar-refractivity contribution is 0.240. The van der Waals surface area contributed by atoms with Crippen LogP contribution in [0.4, 0.5) is 0 Å². The summed E-state index contributed by atoms with van der Waals surface area (Å²) >= 11 is 5.81. The largest absolute Gasteiger partial charge is 0.284 e. The van der Waals surface area contributed by atoms with Gasteiger partial charge in [0.1, 0.15) is 0 Å². The molecule has 0 atom stereocenters. The van der Waals surface area contributed by atoms with E-state index < -0.39 is 0 Å². The second kappa shape index (κ2) is 5.75. The Bertz CT molecular complexity index is 338. The quantitative estimate of drug-likeness (QED) is 0.733. The third kappa shape index (κ3) is 3.91. The van der Waals surface area contributed by atoms with Gasteiger partial charge in [-0.1, -0.05) is 23.7 Å². The first kappa shape index (κ1) is 12.0. The van der Waals surface area contributed by atoms with Crippen molar-refractivity contribution in [1.82, 2.24) is 4.90 Å². The first-order valence-corrected chi connectivity index (χ1v) is 5.36. The number of benzene rings is 1. The molecule has 1 aromatic rings. The van der Waals surface area contributed by atoms with Crippen LogP contribution < -0.4 is 0 Å². The van der Waals surface area contributed by atoms with Crippen molar-refractivity contribution >= 4 is 11.6 Å². The maximum absolute atomic E-state index is 8.69. The highest BCUT2D eigenvalue weighted by atomic mass is 35.5. The molecule has 0 radical (unpaired) electrons. The van der Waals surface area contributed by atoms with Gasteiger partial charge in [0, 0.05) is 17.6 Å². The summed E-state index contributed by atoms with van der Waals surface area (Å²) in [5.41, 5.74) is 1.18. The van der Waals surface area contributed by atoms with E-state index in [2.05, 4.69) is 24.8 Å². The molecule has 0 unspecified atom stereocenters. The van der Waals surface area contributed by atoms with Crippen molar-refractivity contribution in [2.75, 3.05) is 6.54 Å². The Morgan fingerprint density at radius 3 is 2.40 bits per heavy atom. The molecule has 0 aromatic heterocycles. The normalized spacial score (nSPS) is 10.7. The van der Waals surface area contributed by atoms with E-state index in [1.54, 1.807) is 0 Å². The van der Waals surface area contributed by atoms with Crippen LogP contribution in [0.3, 0.4) is 0 Å². The van der Waals surface area contributed by atoms with Gasteiger partial charge in [-0.3, -0.25) is 4.90 Å². The molecule has 15 heavy (non-hydrogen) atoms. The third-order valence-electron chi connectivity index (χ3n) is 2.30. The molecule has 0 saturated carbocycles. The highest BCUT2D eigenvalue weighted by Crippen LogP contribution is 2.12. The van der Waals surface area contributed by atoms with E-state index in [4.69, 9.17) is 16.9 Å². The Morgan fingerprint density at radius 2 is 1.93 bits per heavy atom. The molecule has 0 saturated heterocycles. The van der Waals surface area contributed by atoms with Gasteiger partial charge in [-0.05, 0) is 31.5 Å². The zero-order valence-corrected chi connectivity index (χ0v) is 9.83. The second-order valence-corrected chi connectivity index (χ2v) is 4.22. The maximum atomic E-state index is 8.69. The molecule has 0 N–H and O–H groups in total. The topological polar surface area (TPSA) is 27.0 Å². The fraction of sp³-hybridized carbons (Fsp3) is 0.417. The van der Waals surface area contributed by atoms with Crippen LogP contribution in [0, 0.1) is 11.3 Å². The zero-order chi connectivity index (χ0) is 11.3. The van der Waals surface area contributed by atoms with Crippen molar-refractivity contribution in [2.45, 2.75) is 26.4 Å². The molecule has 0 aliphatic carbocycles. The fourth-order valence-electron chi connectivity index (χ4n) is 1.34. The van der Waals surface area contributed by atoms with E-state index in [9.17, 15) is 0 Å². The lowest BCUT2D eigenvalue weighted by atomic mass is 10.2. The average molecular weight is 223 g/mol. The number of rotatable bonds is 4. The predicted molar refractivity (Wildman–Crippen MR) is 62.6 cm³/mol. The summed E-state index contributed by atoms with van der Waals surface area (Å²) in [7, 11) is 0. The van der Waals surface area contributed by atoms with Crippen molar-refractivity contribution in [3.8, 4) is 6.07 Å². The molecule has 0 aliphatic heterocycles. The van der Waals surface area contributed by atoms with Crippen LogP contribution in [0.25, 0.3) is 0 Å². The van der Waals surface area contributed by atoms with Crippen LogP contribution in [0.2, 0.25) is 5.02 Å². The van der Waals surface area contributed by atoms with Crippen molar-refractivity contribution in [1.29, 1.82) is 5.26 Å². The summed E-state index contributed by atoms with van der Waals surface area (Å²) in [6, 6.07) is 10.3. The van der Waals surface area contributed by atoms with Gasteiger partial charge >= 0.3 is 0 Å². The Hall–Kier alpha value is -1.04. The standard InChI is InChI=1S/C12H15ClN2/c1-10(2)15(8-7-14)9-11-3-5-12(13)6-4-11/h3-6,10H,8-9H2,1-2H3. The Labute approximate surface area is 96.1 Å². The molecule has 0 amide bonds. The number of halogens is 1. The summed E-state index contributed by atoms with van der Waals surface area (Å²) in [5, 5.41) is 9.44. The Morgan fingerprint density at radius 1 is 1.33 bits per heavy atom. The van der Waals surface area contributed by atoms with E-state index >= 15 is 0 Å². The highest BCUT2D eigenvalue weighted by Gasteiger charge is 2.08. The minimum atomic E-state index is 0.375. The molecule has 0 fully saturated rings. The van der Waals surface area contributed by atoms with Crippen LogP contribution in [-0.2, 0) is 6.54 Å². The summed E-state index contributed by atoms with van der Waals surface area (Å²) in [6.45, 7) is 5.43. The van der Waals surface area contributed by atoms with E-state index in [1.165, 1.54) is 5.56 Å². The first-order chi connectivity index (χ1) is 7.13. The van der Waals surface area contributed by atoms with E-state index in [1.807, 2.05) is 24.3 Å². The molecule has 1 rings (SSSR count). The number of hydrogen-bond acceptors (Lipinski definition) is 2. The maximum Gasteiger partial charge on any atom is 0.0871 e. The monoisotopic (exact) mass is 222 g/mol. The molecule has 2 nitrogen and oxygen atoms in total. The van der Waals surface area contributed by atoms with Gasteiger partial charge in [-0.25, -0.2) is 0 Å². The fourth-order valence-corrected chi connectivity index (χ4v) is 1.46. The summed E-state index contributed by atoms with van der Waals surface area (Å²) in [4.78, 5) is 2.11. The molecule has 1 aromatic carbocycles. The summed E-state index contributed by atoms with van der Waals surface area (Å²) in [6.07, 6.45) is 0. The molecule has 0 heterocycles. The second-order valence-electron chi connectivity index (χ2n) is 3.78.